The van der Waals surface area contributed by atoms with Gasteiger partial charge in [-0.1, -0.05) is 32.9 Å². The number of esters is 1. The molecule has 1 atom stereocenters. The van der Waals surface area contributed by atoms with Gasteiger partial charge in [0.15, 0.2) is 0 Å². The predicted octanol–water partition coefficient (Wildman–Crippen LogP) is 4.97. The number of nitriles is 1. The van der Waals surface area contributed by atoms with Crippen LogP contribution >= 0.6 is 0 Å². The van der Waals surface area contributed by atoms with Crippen LogP contribution in [0.1, 0.15) is 57.6 Å². The van der Waals surface area contributed by atoms with E-state index in [0.29, 0.717) is 36.6 Å². The number of halogens is 1. The lowest BCUT2D eigenvalue weighted by Gasteiger charge is -2.29. The van der Waals surface area contributed by atoms with Gasteiger partial charge in [0.05, 0.1) is 19.8 Å². The van der Waals surface area contributed by atoms with Gasteiger partial charge in [-0.05, 0) is 54.5 Å². The van der Waals surface area contributed by atoms with E-state index in [1.807, 2.05) is 0 Å². The van der Waals surface area contributed by atoms with Crippen molar-refractivity contribution in [1.82, 2.24) is 5.32 Å². The Hall–Kier alpha value is -3.93. The number of nitrogens with zero attached hydrogens (tertiary/aromatic N) is 1. The minimum Gasteiger partial charge on any atom is -0.494 e. The fourth-order valence-electron chi connectivity index (χ4n) is 3.52. The zero-order chi connectivity index (χ0) is 27.4. The molecule has 0 aliphatic rings. The van der Waals surface area contributed by atoms with E-state index in [9.17, 15) is 14.0 Å². The first-order valence-electron chi connectivity index (χ1n) is 12.2. The Morgan fingerprint density at radius 1 is 1.11 bits per heavy atom. The third-order valence-electron chi connectivity index (χ3n) is 5.66. The molecule has 0 saturated carbocycles. The molecule has 8 nitrogen and oxygen atoms in total. The predicted molar refractivity (Wildman–Crippen MR) is 140 cm³/mol. The first-order valence-corrected chi connectivity index (χ1v) is 12.2. The highest BCUT2D eigenvalue weighted by Gasteiger charge is 2.34. The van der Waals surface area contributed by atoms with Gasteiger partial charge in [0.1, 0.15) is 23.3 Å². The van der Waals surface area contributed by atoms with Gasteiger partial charge in [-0.3, -0.25) is 10.2 Å². The Bertz CT molecular complexity index is 1120. The van der Waals surface area contributed by atoms with Crippen LogP contribution in [0.3, 0.4) is 0 Å². The maximum Gasteiger partial charge on any atom is 0.328 e. The quantitative estimate of drug-likeness (QED) is 0.198. The van der Waals surface area contributed by atoms with E-state index in [2.05, 4.69) is 16.7 Å². The number of carbonyl (C=O) groups excluding carboxylic acids is 2. The van der Waals surface area contributed by atoms with Gasteiger partial charge in [0.25, 0.3) is 5.91 Å². The molecular formula is C28H35FN4O4. The van der Waals surface area contributed by atoms with Crippen molar-refractivity contribution < 1.29 is 23.5 Å². The van der Waals surface area contributed by atoms with Crippen LogP contribution < -0.4 is 15.4 Å². The minimum absolute atomic E-state index is 0.318. The molecule has 9 heteroatoms. The van der Waals surface area contributed by atoms with E-state index in [4.69, 9.17) is 20.1 Å². The second kappa shape index (κ2) is 14.0. The lowest BCUT2D eigenvalue weighted by atomic mass is 9.86. The van der Waals surface area contributed by atoms with Crippen LogP contribution in [0.5, 0.6) is 5.75 Å². The van der Waals surface area contributed by atoms with E-state index in [0.717, 1.165) is 24.8 Å². The fraction of sp³-hybridized carbons (Fsp3) is 0.429. The van der Waals surface area contributed by atoms with Crippen molar-refractivity contribution in [3.05, 3.63) is 59.4 Å². The van der Waals surface area contributed by atoms with Gasteiger partial charge >= 0.3 is 5.97 Å². The number of benzene rings is 2. The molecule has 3 N–H and O–H groups in total. The largest absolute Gasteiger partial charge is 0.494 e. The molecule has 0 aliphatic heterocycles. The number of hydrogen-bond donors (Lipinski definition) is 3. The van der Waals surface area contributed by atoms with E-state index >= 15 is 0 Å². The van der Waals surface area contributed by atoms with Crippen LogP contribution in [-0.4, -0.2) is 37.3 Å². The first kappa shape index (κ1) is 29.3. The number of hydrogen-bond acceptors (Lipinski definition) is 7. The third-order valence-corrected chi connectivity index (χ3v) is 5.66. The first-order chi connectivity index (χ1) is 17.6. The van der Waals surface area contributed by atoms with Crippen LogP contribution in [-0.2, 0) is 20.9 Å². The maximum absolute atomic E-state index is 13.3. The molecule has 2 aromatic carbocycles. The SMILES string of the molecule is COC(=O)C(NC(=O)C(=N)c1ccc(OCCCCCC#N)cc1NCc1ccc(F)cc1)C(C)(C)C. The standard InChI is InChI=1S/C28H35FN4O4/c1-28(2,3)25(27(35)36-4)33-26(34)24(31)22-14-13-21(37-16-8-6-5-7-15-30)17-23(22)32-18-19-9-11-20(29)12-10-19/h9-14,17,25,31-32H,5-8,16,18H2,1-4H3,(H,33,34). The van der Waals surface area contributed by atoms with E-state index in [1.165, 1.54) is 19.2 Å². The zero-order valence-electron chi connectivity index (χ0n) is 21.8. The Kier molecular flexibility index (Phi) is 11.1. The lowest BCUT2D eigenvalue weighted by Crippen LogP contribution is -2.51. The van der Waals surface area contributed by atoms with Crippen molar-refractivity contribution in [3.8, 4) is 11.8 Å². The molecule has 0 fully saturated rings. The van der Waals surface area contributed by atoms with Crippen LogP contribution in [0, 0.1) is 28.0 Å². The van der Waals surface area contributed by atoms with Crippen LogP contribution in [0.15, 0.2) is 42.5 Å². The zero-order valence-corrected chi connectivity index (χ0v) is 21.8. The molecule has 0 heterocycles. The molecular weight excluding hydrogens is 475 g/mol. The fourth-order valence-corrected chi connectivity index (χ4v) is 3.52. The highest BCUT2D eigenvalue weighted by molar-refractivity contribution is 6.45. The molecule has 2 rings (SSSR count). The molecule has 0 bridgehead atoms. The summed E-state index contributed by atoms with van der Waals surface area (Å²) in [6, 6.07) is 12.2. The molecule has 0 spiro atoms. The molecule has 0 aromatic heterocycles. The highest BCUT2D eigenvalue weighted by Crippen LogP contribution is 2.26. The number of rotatable bonds is 13. The van der Waals surface area contributed by atoms with Crippen molar-refractivity contribution in [2.45, 2.75) is 59.0 Å². The van der Waals surface area contributed by atoms with Crippen molar-refractivity contribution >= 4 is 23.3 Å². The van der Waals surface area contributed by atoms with Gasteiger partial charge in [-0.15, -0.1) is 0 Å². The Morgan fingerprint density at radius 3 is 2.43 bits per heavy atom. The third kappa shape index (κ3) is 9.22. The molecule has 0 saturated heterocycles. The second-order valence-corrected chi connectivity index (χ2v) is 9.68. The summed E-state index contributed by atoms with van der Waals surface area (Å²) in [4.78, 5) is 25.3. The van der Waals surface area contributed by atoms with E-state index in [-0.39, 0.29) is 11.5 Å². The van der Waals surface area contributed by atoms with Crippen LogP contribution in [0.2, 0.25) is 0 Å². The maximum atomic E-state index is 13.3. The molecule has 1 unspecified atom stereocenters. The molecule has 0 aliphatic carbocycles. The minimum atomic E-state index is -0.940. The Labute approximate surface area is 217 Å². The molecule has 37 heavy (non-hydrogen) atoms. The summed E-state index contributed by atoms with van der Waals surface area (Å²) in [5.74, 6) is -1.10. The number of nitrogens with one attached hydrogen (secondary N) is 3. The Balaban J connectivity index is 2.23. The normalized spacial score (nSPS) is 11.7. The summed E-state index contributed by atoms with van der Waals surface area (Å²) in [6.45, 7) is 6.17. The van der Waals surface area contributed by atoms with Gasteiger partial charge in [0, 0.05) is 30.3 Å². The van der Waals surface area contributed by atoms with Crippen LogP contribution in [0.25, 0.3) is 0 Å². The van der Waals surface area contributed by atoms with Crippen LogP contribution in [0.4, 0.5) is 10.1 Å². The summed E-state index contributed by atoms with van der Waals surface area (Å²) < 4.78 is 24.0. The van der Waals surface area contributed by atoms with Crippen molar-refractivity contribution in [2.24, 2.45) is 5.41 Å². The van der Waals surface area contributed by atoms with Crippen molar-refractivity contribution in [1.29, 1.82) is 10.7 Å². The summed E-state index contributed by atoms with van der Waals surface area (Å²) >= 11 is 0. The van der Waals surface area contributed by atoms with Gasteiger partial charge in [0.2, 0.25) is 0 Å². The molecule has 2 aromatic rings. The smallest absolute Gasteiger partial charge is 0.328 e. The van der Waals surface area contributed by atoms with Gasteiger partial charge in [-0.25, -0.2) is 9.18 Å². The molecule has 198 valence electrons. The highest BCUT2D eigenvalue weighted by atomic mass is 19.1. The topological polar surface area (TPSA) is 124 Å². The van der Waals surface area contributed by atoms with Crippen molar-refractivity contribution in [2.75, 3.05) is 19.0 Å². The molecule has 1 amide bonds. The summed E-state index contributed by atoms with van der Waals surface area (Å²) in [5.41, 5.74) is 0.654. The monoisotopic (exact) mass is 510 g/mol. The number of anilines is 1. The van der Waals surface area contributed by atoms with E-state index in [1.54, 1.807) is 51.1 Å². The van der Waals surface area contributed by atoms with E-state index < -0.39 is 23.3 Å². The second-order valence-electron chi connectivity index (χ2n) is 9.68. The summed E-state index contributed by atoms with van der Waals surface area (Å²) in [6.07, 6.45) is 3.00. The average Bonchev–Trinajstić information content (AvgIpc) is 2.87. The number of carbonyl (C=O) groups is 2. The molecule has 0 radical (unpaired) electrons. The summed E-state index contributed by atoms with van der Waals surface area (Å²) in [5, 5.41) is 23.0. The number of methoxy groups -OCH3 is 1. The summed E-state index contributed by atoms with van der Waals surface area (Å²) in [7, 11) is 1.25. The Morgan fingerprint density at radius 2 is 1.81 bits per heavy atom. The lowest BCUT2D eigenvalue weighted by molar-refractivity contribution is -0.147. The average molecular weight is 511 g/mol. The number of amides is 1. The number of unbranched alkanes of at least 4 members (excludes halogenated alkanes) is 3. The number of ether oxygens (including phenoxy) is 2. The van der Waals surface area contributed by atoms with Crippen molar-refractivity contribution in [3.63, 3.8) is 0 Å². The van der Waals surface area contributed by atoms with Gasteiger partial charge in [-0.2, -0.15) is 5.26 Å². The van der Waals surface area contributed by atoms with Gasteiger partial charge < -0.3 is 20.1 Å².